The molecule has 1 saturated heterocycles. The molecular weight excluding hydrogens is 270 g/mol. The molecule has 0 radical (unpaired) electrons. The van der Waals surface area contributed by atoms with Gasteiger partial charge in [0.25, 0.3) is 0 Å². The lowest BCUT2D eigenvalue weighted by atomic mass is 10.2. The Balaban J connectivity index is 1.41. The van der Waals surface area contributed by atoms with Gasteiger partial charge in [-0.05, 0) is 17.7 Å². The molecule has 0 unspecified atom stereocenters. The van der Waals surface area contributed by atoms with Crippen LogP contribution in [0.2, 0.25) is 0 Å². The molecule has 3 nitrogen and oxygen atoms in total. The number of aromatic amines is 1. The predicted molar refractivity (Wildman–Crippen MR) is 92.2 cm³/mol. The Bertz CT molecular complexity index is 706. The summed E-state index contributed by atoms with van der Waals surface area (Å²) >= 11 is 0. The third-order valence-corrected chi connectivity index (χ3v) is 4.48. The number of hydrogen-bond donors (Lipinski definition) is 1. The number of fused-ring (bicyclic) bond motifs is 1. The van der Waals surface area contributed by atoms with E-state index in [2.05, 4.69) is 75.4 Å². The minimum Gasteiger partial charge on any atom is -0.356 e. The quantitative estimate of drug-likeness (QED) is 0.798. The van der Waals surface area contributed by atoms with E-state index in [1.165, 1.54) is 22.3 Å². The maximum atomic E-state index is 3.54. The first kappa shape index (κ1) is 13.4. The molecule has 0 amide bonds. The Hall–Kier alpha value is -2.26. The molecule has 1 aliphatic heterocycles. The highest BCUT2D eigenvalue weighted by Gasteiger charge is 2.18. The molecule has 0 spiro atoms. The number of H-pyrrole nitrogens is 1. The van der Waals surface area contributed by atoms with E-state index in [1.807, 2.05) is 0 Å². The summed E-state index contributed by atoms with van der Waals surface area (Å²) in [5.74, 6) is 1.25. The smallest absolute Gasteiger partial charge is 0.106 e. The van der Waals surface area contributed by atoms with Gasteiger partial charge in [-0.15, -0.1) is 0 Å². The van der Waals surface area contributed by atoms with E-state index in [-0.39, 0.29) is 0 Å². The second-order valence-corrected chi connectivity index (χ2v) is 5.99. The maximum Gasteiger partial charge on any atom is 0.106 e. The number of aromatic nitrogens is 1. The summed E-state index contributed by atoms with van der Waals surface area (Å²) in [6.07, 6.45) is 0. The van der Waals surface area contributed by atoms with Crippen LogP contribution in [0, 0.1) is 0 Å². The molecule has 3 aromatic rings. The fraction of sp³-hybridized carbons (Fsp3) is 0.263. The zero-order valence-electron chi connectivity index (χ0n) is 12.7. The lowest BCUT2D eigenvalue weighted by Gasteiger charge is -2.35. The zero-order chi connectivity index (χ0) is 14.8. The van der Waals surface area contributed by atoms with Crippen molar-refractivity contribution in [2.75, 3.05) is 31.1 Å². The summed E-state index contributed by atoms with van der Waals surface area (Å²) in [5.41, 5.74) is 2.63. The van der Waals surface area contributed by atoms with Gasteiger partial charge >= 0.3 is 0 Å². The second-order valence-electron chi connectivity index (χ2n) is 5.99. The van der Waals surface area contributed by atoms with Gasteiger partial charge in [-0.2, -0.15) is 0 Å². The molecule has 112 valence electrons. The van der Waals surface area contributed by atoms with Crippen LogP contribution in [0.1, 0.15) is 5.56 Å². The first-order valence-electron chi connectivity index (χ1n) is 7.97. The van der Waals surface area contributed by atoms with Crippen molar-refractivity contribution in [3.05, 3.63) is 66.2 Å². The van der Waals surface area contributed by atoms with Crippen LogP contribution >= 0.6 is 0 Å². The lowest BCUT2D eigenvalue weighted by Crippen LogP contribution is -2.46. The number of piperazine rings is 1. The Morgan fingerprint density at radius 1 is 0.818 bits per heavy atom. The average molecular weight is 291 g/mol. The normalized spacial score (nSPS) is 16.3. The van der Waals surface area contributed by atoms with Gasteiger partial charge in [-0.25, -0.2) is 0 Å². The molecule has 2 aromatic carbocycles. The highest BCUT2D eigenvalue weighted by atomic mass is 15.3. The van der Waals surface area contributed by atoms with Gasteiger partial charge in [-0.3, -0.25) is 4.90 Å². The molecule has 22 heavy (non-hydrogen) atoms. The van der Waals surface area contributed by atoms with Crippen LogP contribution in [0.25, 0.3) is 10.9 Å². The van der Waals surface area contributed by atoms with Crippen molar-refractivity contribution < 1.29 is 0 Å². The number of nitrogens with one attached hydrogen (secondary N) is 1. The second kappa shape index (κ2) is 5.85. The molecule has 1 fully saturated rings. The molecule has 0 aliphatic carbocycles. The Labute approximate surface area is 131 Å². The third-order valence-electron chi connectivity index (χ3n) is 4.48. The van der Waals surface area contributed by atoms with Crippen molar-refractivity contribution in [1.82, 2.24) is 9.88 Å². The first-order valence-corrected chi connectivity index (χ1v) is 7.97. The van der Waals surface area contributed by atoms with E-state index in [0.29, 0.717) is 0 Å². The van der Waals surface area contributed by atoms with Gasteiger partial charge in [0.15, 0.2) is 0 Å². The first-order chi connectivity index (χ1) is 10.9. The van der Waals surface area contributed by atoms with Crippen LogP contribution in [0.15, 0.2) is 60.7 Å². The van der Waals surface area contributed by atoms with Crippen LogP contribution in [0.5, 0.6) is 0 Å². The molecule has 1 aromatic heterocycles. The molecule has 0 bridgehead atoms. The molecule has 0 atom stereocenters. The summed E-state index contributed by atoms with van der Waals surface area (Å²) in [6, 6.07) is 21.5. The number of nitrogens with zero attached hydrogens (tertiary/aromatic N) is 2. The highest BCUT2D eigenvalue weighted by molar-refractivity contribution is 5.83. The molecule has 4 rings (SSSR count). The number of hydrogen-bond acceptors (Lipinski definition) is 2. The molecule has 3 heteroatoms. The predicted octanol–water partition coefficient (Wildman–Crippen LogP) is 3.49. The lowest BCUT2D eigenvalue weighted by molar-refractivity contribution is 0.249. The molecule has 0 saturated carbocycles. The van der Waals surface area contributed by atoms with E-state index < -0.39 is 0 Å². The number of benzene rings is 2. The Kier molecular flexibility index (Phi) is 3.57. The van der Waals surface area contributed by atoms with E-state index in [0.717, 1.165) is 32.7 Å². The average Bonchev–Trinajstić information content (AvgIpc) is 3.00. The van der Waals surface area contributed by atoms with Crippen molar-refractivity contribution in [3.8, 4) is 0 Å². The van der Waals surface area contributed by atoms with Gasteiger partial charge in [0.2, 0.25) is 0 Å². The van der Waals surface area contributed by atoms with Gasteiger partial charge in [0.05, 0.1) is 0 Å². The summed E-state index contributed by atoms with van der Waals surface area (Å²) < 4.78 is 0. The molecule has 2 heterocycles. The molecular formula is C19H21N3. The van der Waals surface area contributed by atoms with Crippen molar-refractivity contribution in [3.63, 3.8) is 0 Å². The zero-order valence-corrected chi connectivity index (χ0v) is 12.7. The minimum absolute atomic E-state index is 1.06. The Morgan fingerprint density at radius 3 is 2.32 bits per heavy atom. The van der Waals surface area contributed by atoms with Crippen molar-refractivity contribution in [2.24, 2.45) is 0 Å². The van der Waals surface area contributed by atoms with Gasteiger partial charge in [-0.1, -0.05) is 48.5 Å². The van der Waals surface area contributed by atoms with Crippen LogP contribution in [-0.4, -0.2) is 36.1 Å². The van der Waals surface area contributed by atoms with E-state index in [1.54, 1.807) is 0 Å². The summed E-state index contributed by atoms with van der Waals surface area (Å²) in [6.45, 7) is 5.45. The monoisotopic (exact) mass is 291 g/mol. The van der Waals surface area contributed by atoms with Crippen molar-refractivity contribution in [2.45, 2.75) is 6.54 Å². The Morgan fingerprint density at radius 2 is 1.55 bits per heavy atom. The minimum atomic E-state index is 1.06. The van der Waals surface area contributed by atoms with Crippen LogP contribution in [0.3, 0.4) is 0 Å². The SMILES string of the molecule is c1ccc(CN2CCN(c3cc4ccccc4[nH]3)CC2)cc1. The van der Waals surface area contributed by atoms with Crippen LogP contribution in [-0.2, 0) is 6.54 Å². The van der Waals surface area contributed by atoms with E-state index >= 15 is 0 Å². The largest absolute Gasteiger partial charge is 0.356 e. The third kappa shape index (κ3) is 2.72. The number of para-hydroxylation sites is 1. The van der Waals surface area contributed by atoms with Gasteiger partial charge in [0.1, 0.15) is 5.82 Å². The van der Waals surface area contributed by atoms with Crippen LogP contribution < -0.4 is 4.90 Å². The fourth-order valence-corrected chi connectivity index (χ4v) is 3.22. The van der Waals surface area contributed by atoms with Crippen molar-refractivity contribution in [1.29, 1.82) is 0 Å². The molecule has 1 aliphatic rings. The van der Waals surface area contributed by atoms with E-state index in [9.17, 15) is 0 Å². The van der Waals surface area contributed by atoms with Gasteiger partial charge < -0.3 is 9.88 Å². The van der Waals surface area contributed by atoms with Crippen LogP contribution in [0.4, 0.5) is 5.82 Å². The topological polar surface area (TPSA) is 22.3 Å². The van der Waals surface area contributed by atoms with E-state index in [4.69, 9.17) is 0 Å². The summed E-state index contributed by atoms with van der Waals surface area (Å²) in [4.78, 5) is 8.53. The summed E-state index contributed by atoms with van der Waals surface area (Å²) in [5, 5.41) is 1.30. The fourth-order valence-electron chi connectivity index (χ4n) is 3.22. The summed E-state index contributed by atoms with van der Waals surface area (Å²) in [7, 11) is 0. The highest BCUT2D eigenvalue weighted by Crippen LogP contribution is 2.22. The number of anilines is 1. The number of rotatable bonds is 3. The maximum absolute atomic E-state index is 3.54. The van der Waals surface area contributed by atoms with Gasteiger partial charge in [0, 0.05) is 43.6 Å². The standard InChI is InChI=1S/C19H21N3/c1-2-6-16(7-3-1)15-21-10-12-22(13-11-21)19-14-17-8-4-5-9-18(17)20-19/h1-9,14,20H,10-13,15H2. The molecule has 1 N–H and O–H groups in total. The van der Waals surface area contributed by atoms with Crippen molar-refractivity contribution >= 4 is 16.7 Å².